The van der Waals surface area contributed by atoms with E-state index in [-0.39, 0.29) is 12.0 Å². The van der Waals surface area contributed by atoms with E-state index in [4.69, 9.17) is 5.73 Å². The van der Waals surface area contributed by atoms with Crippen LogP contribution in [0.4, 0.5) is 5.82 Å². The summed E-state index contributed by atoms with van der Waals surface area (Å²) >= 11 is 1.22. The fourth-order valence-corrected chi connectivity index (χ4v) is 3.92. The summed E-state index contributed by atoms with van der Waals surface area (Å²) in [5.41, 5.74) is 6.26. The predicted octanol–water partition coefficient (Wildman–Crippen LogP) is 0.787. The van der Waals surface area contributed by atoms with Crippen LogP contribution in [-0.2, 0) is 0 Å². The number of piperidine rings is 2. The van der Waals surface area contributed by atoms with E-state index >= 15 is 0 Å². The Balaban J connectivity index is 1.55. The number of nitrogen functional groups attached to an aromatic ring is 1. The first kappa shape index (κ1) is 14.7. The Morgan fingerprint density at radius 1 is 1.33 bits per heavy atom. The van der Waals surface area contributed by atoms with Gasteiger partial charge < -0.3 is 15.7 Å². The standard InChI is InChI=1S/C14H22N4O2S/c15-13-12(9-21-16-13)14(20)17-6-3-10(4-7-17)18-5-1-2-11(19)8-18/h9-11,19H,1-8H2,(H2,15,16). The molecule has 1 amide bonds. The van der Waals surface area contributed by atoms with Gasteiger partial charge in [-0.1, -0.05) is 0 Å². The highest BCUT2D eigenvalue weighted by Gasteiger charge is 2.30. The number of aliphatic hydroxyl groups is 1. The van der Waals surface area contributed by atoms with Gasteiger partial charge in [-0.2, -0.15) is 4.37 Å². The summed E-state index contributed by atoms with van der Waals surface area (Å²) in [6.07, 6.45) is 3.73. The van der Waals surface area contributed by atoms with Gasteiger partial charge >= 0.3 is 0 Å². The number of aliphatic hydroxyl groups excluding tert-OH is 1. The van der Waals surface area contributed by atoms with E-state index < -0.39 is 0 Å². The maximum atomic E-state index is 12.4. The topological polar surface area (TPSA) is 82.7 Å². The minimum atomic E-state index is -0.185. The molecular formula is C14H22N4O2S. The number of carbonyl (C=O) groups excluding carboxylic acids is 1. The van der Waals surface area contributed by atoms with Gasteiger partial charge in [-0.05, 0) is 43.8 Å². The van der Waals surface area contributed by atoms with Crippen LogP contribution in [0.5, 0.6) is 0 Å². The van der Waals surface area contributed by atoms with E-state index in [0.29, 0.717) is 17.4 Å². The van der Waals surface area contributed by atoms with Crippen LogP contribution in [0.3, 0.4) is 0 Å². The molecule has 0 aliphatic carbocycles. The maximum Gasteiger partial charge on any atom is 0.258 e. The Bertz CT molecular complexity index is 499. The lowest BCUT2D eigenvalue weighted by Crippen LogP contribution is -2.50. The number of anilines is 1. The molecule has 21 heavy (non-hydrogen) atoms. The van der Waals surface area contributed by atoms with Crippen LogP contribution in [0.25, 0.3) is 0 Å². The summed E-state index contributed by atoms with van der Waals surface area (Å²) in [6, 6.07) is 0.488. The fraction of sp³-hybridized carbons (Fsp3) is 0.714. The van der Waals surface area contributed by atoms with Gasteiger partial charge in [0.15, 0.2) is 0 Å². The molecule has 1 aromatic heterocycles. The maximum absolute atomic E-state index is 12.4. The molecule has 3 rings (SSSR count). The third-order valence-electron chi connectivity index (χ3n) is 4.52. The van der Waals surface area contributed by atoms with Crippen molar-refractivity contribution in [2.75, 3.05) is 31.9 Å². The van der Waals surface area contributed by atoms with Crippen molar-refractivity contribution in [2.45, 2.75) is 37.8 Å². The Morgan fingerprint density at radius 3 is 2.71 bits per heavy atom. The minimum Gasteiger partial charge on any atom is -0.392 e. The van der Waals surface area contributed by atoms with Gasteiger partial charge in [-0.15, -0.1) is 0 Å². The van der Waals surface area contributed by atoms with Crippen LogP contribution in [0.15, 0.2) is 5.38 Å². The third kappa shape index (κ3) is 3.20. The molecule has 1 aromatic rings. The van der Waals surface area contributed by atoms with Gasteiger partial charge in [0.1, 0.15) is 5.82 Å². The summed E-state index contributed by atoms with van der Waals surface area (Å²) < 4.78 is 3.97. The minimum absolute atomic E-state index is 0.00150. The van der Waals surface area contributed by atoms with Crippen LogP contribution in [0.1, 0.15) is 36.0 Å². The number of amides is 1. The monoisotopic (exact) mass is 310 g/mol. The van der Waals surface area contributed by atoms with Crippen molar-refractivity contribution in [3.05, 3.63) is 10.9 Å². The first-order valence-corrected chi connectivity index (χ1v) is 8.40. The van der Waals surface area contributed by atoms with Crippen LogP contribution in [-0.4, -0.2) is 63.5 Å². The number of aromatic nitrogens is 1. The number of nitrogens with two attached hydrogens (primary N) is 1. The van der Waals surface area contributed by atoms with E-state index in [2.05, 4.69) is 9.27 Å². The lowest BCUT2D eigenvalue weighted by molar-refractivity contribution is 0.0241. The summed E-state index contributed by atoms with van der Waals surface area (Å²) in [5.74, 6) is 0.338. The second-order valence-corrected chi connectivity index (χ2v) is 6.56. The van der Waals surface area contributed by atoms with Gasteiger partial charge in [0.25, 0.3) is 5.91 Å². The summed E-state index contributed by atoms with van der Waals surface area (Å²) in [4.78, 5) is 16.6. The van der Waals surface area contributed by atoms with Crippen molar-refractivity contribution < 1.29 is 9.90 Å². The Labute approximate surface area is 128 Å². The van der Waals surface area contributed by atoms with E-state index in [1.165, 1.54) is 11.5 Å². The van der Waals surface area contributed by atoms with Crippen molar-refractivity contribution in [3.8, 4) is 0 Å². The van der Waals surface area contributed by atoms with Gasteiger partial charge in [-0.3, -0.25) is 9.69 Å². The second kappa shape index (κ2) is 6.29. The molecule has 0 bridgehead atoms. The lowest BCUT2D eigenvalue weighted by Gasteiger charge is -2.41. The van der Waals surface area contributed by atoms with E-state index in [9.17, 15) is 9.90 Å². The molecule has 2 aliphatic rings. The van der Waals surface area contributed by atoms with Crippen LogP contribution < -0.4 is 5.73 Å². The third-order valence-corrected chi connectivity index (χ3v) is 5.17. The van der Waals surface area contributed by atoms with Gasteiger partial charge in [-0.25, -0.2) is 0 Å². The molecule has 2 saturated heterocycles. The summed E-state index contributed by atoms with van der Waals surface area (Å²) in [7, 11) is 0. The Hall–Kier alpha value is -1.18. The molecule has 0 spiro atoms. The number of hydrogen-bond acceptors (Lipinski definition) is 6. The lowest BCUT2D eigenvalue weighted by atomic mass is 9.98. The molecule has 6 nitrogen and oxygen atoms in total. The van der Waals surface area contributed by atoms with E-state index in [1.807, 2.05) is 4.90 Å². The molecule has 2 aliphatic heterocycles. The van der Waals surface area contributed by atoms with Crippen molar-refractivity contribution in [3.63, 3.8) is 0 Å². The molecule has 3 heterocycles. The van der Waals surface area contributed by atoms with Gasteiger partial charge in [0, 0.05) is 31.1 Å². The number of β-amino-alcohol motifs (C(OH)–C–C–N with tert-alkyl or cyclic N) is 1. The van der Waals surface area contributed by atoms with Crippen LogP contribution >= 0.6 is 11.5 Å². The normalized spacial score (nSPS) is 25.2. The zero-order chi connectivity index (χ0) is 14.8. The average Bonchev–Trinajstić information content (AvgIpc) is 2.93. The number of likely N-dealkylation sites (tertiary alicyclic amines) is 2. The molecule has 2 fully saturated rings. The number of rotatable bonds is 2. The number of nitrogens with zero attached hydrogens (tertiary/aromatic N) is 3. The van der Waals surface area contributed by atoms with Crippen molar-refractivity contribution in [1.29, 1.82) is 0 Å². The quantitative estimate of drug-likeness (QED) is 0.844. The fourth-order valence-electron chi connectivity index (χ4n) is 3.32. The first-order chi connectivity index (χ1) is 10.1. The summed E-state index contributed by atoms with van der Waals surface area (Å²) in [6.45, 7) is 3.36. The largest absolute Gasteiger partial charge is 0.392 e. The molecule has 1 atom stereocenters. The Kier molecular flexibility index (Phi) is 4.42. The molecule has 116 valence electrons. The van der Waals surface area contributed by atoms with Gasteiger partial charge in [0.05, 0.1) is 11.7 Å². The van der Waals surface area contributed by atoms with Crippen LogP contribution in [0.2, 0.25) is 0 Å². The SMILES string of the molecule is Nc1nscc1C(=O)N1CCC(N2CCCC(O)C2)CC1. The number of carbonyl (C=O) groups is 1. The molecule has 0 aromatic carbocycles. The predicted molar refractivity (Wildman–Crippen MR) is 82.3 cm³/mol. The van der Waals surface area contributed by atoms with Crippen molar-refractivity contribution >= 4 is 23.3 Å². The van der Waals surface area contributed by atoms with Crippen molar-refractivity contribution in [2.24, 2.45) is 0 Å². The highest BCUT2D eigenvalue weighted by atomic mass is 32.1. The van der Waals surface area contributed by atoms with Crippen molar-refractivity contribution in [1.82, 2.24) is 14.2 Å². The van der Waals surface area contributed by atoms with E-state index in [0.717, 1.165) is 51.9 Å². The Morgan fingerprint density at radius 2 is 2.10 bits per heavy atom. The first-order valence-electron chi connectivity index (χ1n) is 7.56. The molecule has 7 heteroatoms. The number of hydrogen-bond donors (Lipinski definition) is 2. The molecule has 0 radical (unpaired) electrons. The molecule has 0 saturated carbocycles. The van der Waals surface area contributed by atoms with Crippen LogP contribution in [0, 0.1) is 0 Å². The van der Waals surface area contributed by atoms with E-state index in [1.54, 1.807) is 5.38 Å². The molecular weight excluding hydrogens is 288 g/mol. The highest BCUT2D eigenvalue weighted by Crippen LogP contribution is 2.23. The zero-order valence-corrected chi connectivity index (χ0v) is 12.9. The second-order valence-electron chi connectivity index (χ2n) is 5.93. The summed E-state index contributed by atoms with van der Waals surface area (Å²) in [5, 5.41) is 11.5. The zero-order valence-electron chi connectivity index (χ0n) is 12.1. The molecule has 3 N–H and O–H groups in total. The van der Waals surface area contributed by atoms with Gasteiger partial charge in [0.2, 0.25) is 0 Å². The smallest absolute Gasteiger partial charge is 0.258 e. The average molecular weight is 310 g/mol. The highest BCUT2D eigenvalue weighted by molar-refractivity contribution is 7.04. The molecule has 1 unspecified atom stereocenters.